The van der Waals surface area contributed by atoms with Crippen molar-refractivity contribution in [3.05, 3.63) is 0 Å². The number of carbonyl (C=O) groups excluding carboxylic acids is 1. The van der Waals surface area contributed by atoms with E-state index in [-0.39, 0.29) is 36.4 Å². The molecule has 0 radical (unpaired) electrons. The Morgan fingerprint density at radius 3 is 2.13 bits per heavy atom. The van der Waals surface area contributed by atoms with Gasteiger partial charge >= 0.3 is 38.2 Å². The average molecular weight is 453 g/mol. The van der Waals surface area contributed by atoms with Gasteiger partial charge in [0.15, 0.2) is 0 Å². The third-order valence-corrected chi connectivity index (χ3v) is 9.93. The zero-order valence-corrected chi connectivity index (χ0v) is 22.8. The Bertz CT molecular complexity index is 621. The number of Topliss-reactive ketones (excluding diaryl/α,β-unsaturated/α-hetero) is 1. The maximum Gasteiger partial charge on any atom is 1.00 e. The maximum atomic E-state index is 12.2. The van der Waals surface area contributed by atoms with E-state index in [1.54, 1.807) is 0 Å². The van der Waals surface area contributed by atoms with E-state index in [4.69, 9.17) is 9.79 Å². The molecule has 0 aromatic heterocycles. The minimum Gasteiger partial charge on any atom is -1.00 e. The molecule has 0 spiro atoms. The quantitative estimate of drug-likeness (QED) is 0.440. The van der Waals surface area contributed by atoms with E-state index in [0.717, 1.165) is 37.0 Å². The summed E-state index contributed by atoms with van der Waals surface area (Å²) < 4.78 is 3.93. The van der Waals surface area contributed by atoms with E-state index in [1.165, 1.54) is 45.6 Å². The fourth-order valence-electron chi connectivity index (χ4n) is 8.10. The zero-order chi connectivity index (χ0) is 21.6. The molecule has 0 aliphatic heterocycles. The monoisotopic (exact) mass is 452 g/mol. The SMILES string of the molecule is CC(=O)[C@H]1CC[C@H]2[C@@H]3CC[C@H]4C[C@](C)(O)CC[C@]4(C)[C@H]3CC[C@]12C.COP(O)O.[H-].[Na+]. The van der Waals surface area contributed by atoms with Gasteiger partial charge < -0.3 is 20.8 Å². The van der Waals surface area contributed by atoms with Crippen molar-refractivity contribution in [2.45, 2.75) is 91.1 Å². The van der Waals surface area contributed by atoms with Gasteiger partial charge in [-0.1, -0.05) is 13.8 Å². The summed E-state index contributed by atoms with van der Waals surface area (Å²) in [6.07, 6.45) is 10.8. The Kier molecular flexibility index (Phi) is 9.11. The molecule has 4 aliphatic rings. The van der Waals surface area contributed by atoms with Crippen molar-refractivity contribution in [2.24, 2.45) is 40.4 Å². The first-order chi connectivity index (χ1) is 13.4. The van der Waals surface area contributed by atoms with Gasteiger partial charge in [-0.2, -0.15) is 0 Å². The van der Waals surface area contributed by atoms with Crippen molar-refractivity contribution >= 4 is 14.4 Å². The van der Waals surface area contributed by atoms with Crippen molar-refractivity contribution in [2.75, 3.05) is 7.11 Å². The fraction of sp³-hybridized carbons (Fsp3) is 0.957. The van der Waals surface area contributed by atoms with E-state index in [1.807, 2.05) is 13.8 Å². The second-order valence-electron chi connectivity index (χ2n) is 11.1. The van der Waals surface area contributed by atoms with Crippen LogP contribution < -0.4 is 29.6 Å². The standard InChI is InChI=1S/C22H36O2.CH5O3P.Na.H/c1-14(23)17-7-8-18-16-6-5-15-13-20(2,24)11-12-21(15,3)19(16)9-10-22(17,18)4;1-4-5(2)3;;/h15-19,24H,5-13H2,1-4H3;2-3H,1H3;;/q;;+1;-1/t15-,16-,17+,18-,19-,20+,21-,22+;;;/m0.../s1. The van der Waals surface area contributed by atoms with Crippen LogP contribution in [-0.4, -0.2) is 33.4 Å². The van der Waals surface area contributed by atoms with Crippen molar-refractivity contribution in [1.29, 1.82) is 0 Å². The average Bonchev–Trinajstić information content (AvgIpc) is 3.00. The summed E-state index contributed by atoms with van der Waals surface area (Å²) in [6.45, 7) is 8.85. The Morgan fingerprint density at radius 1 is 0.967 bits per heavy atom. The molecule has 30 heavy (non-hydrogen) atoms. The summed E-state index contributed by atoms with van der Waals surface area (Å²) in [5.41, 5.74) is 0.268. The van der Waals surface area contributed by atoms with Crippen molar-refractivity contribution in [1.82, 2.24) is 0 Å². The van der Waals surface area contributed by atoms with Crippen LogP contribution in [0.1, 0.15) is 86.9 Å². The molecule has 4 saturated carbocycles. The number of aliphatic hydroxyl groups is 1. The summed E-state index contributed by atoms with van der Waals surface area (Å²) >= 11 is 0. The topological polar surface area (TPSA) is 87.0 Å². The molecule has 3 N–H and O–H groups in total. The fourth-order valence-corrected chi connectivity index (χ4v) is 8.10. The number of carbonyl (C=O) groups is 1. The van der Waals surface area contributed by atoms with Gasteiger partial charge in [-0.3, -0.25) is 4.79 Å². The molecular formula is C23H42NaO5P. The van der Waals surface area contributed by atoms with Crippen molar-refractivity contribution in [3.8, 4) is 0 Å². The first kappa shape index (κ1) is 27.2. The van der Waals surface area contributed by atoms with Crippen molar-refractivity contribution < 1.29 is 55.2 Å². The molecule has 170 valence electrons. The summed E-state index contributed by atoms with van der Waals surface area (Å²) in [5, 5.41) is 10.6. The Balaban J connectivity index is 0.000000622. The van der Waals surface area contributed by atoms with Crippen LogP contribution in [0.3, 0.4) is 0 Å². The molecule has 0 saturated heterocycles. The zero-order valence-electron chi connectivity index (χ0n) is 20.9. The third kappa shape index (κ3) is 5.04. The van der Waals surface area contributed by atoms with Crippen LogP contribution in [-0.2, 0) is 9.32 Å². The molecule has 8 atom stereocenters. The Hall–Kier alpha value is 0.940. The molecule has 0 bridgehead atoms. The van der Waals surface area contributed by atoms with E-state index in [2.05, 4.69) is 18.4 Å². The van der Waals surface area contributed by atoms with Gasteiger partial charge in [-0.15, -0.1) is 0 Å². The van der Waals surface area contributed by atoms with Gasteiger partial charge in [0.2, 0.25) is 0 Å². The van der Waals surface area contributed by atoms with Gasteiger partial charge in [0.25, 0.3) is 0 Å². The summed E-state index contributed by atoms with van der Waals surface area (Å²) in [4.78, 5) is 27.7. The van der Waals surface area contributed by atoms with Gasteiger partial charge in [0, 0.05) is 13.0 Å². The van der Waals surface area contributed by atoms with Crippen LogP contribution >= 0.6 is 8.60 Å². The molecular weight excluding hydrogens is 410 g/mol. The van der Waals surface area contributed by atoms with E-state index in [9.17, 15) is 9.90 Å². The molecule has 4 aliphatic carbocycles. The number of fused-ring (bicyclic) bond motifs is 5. The smallest absolute Gasteiger partial charge is 1.00 e. The molecule has 0 aromatic carbocycles. The van der Waals surface area contributed by atoms with Crippen LogP contribution in [0.5, 0.6) is 0 Å². The molecule has 0 heterocycles. The summed E-state index contributed by atoms with van der Waals surface area (Å²) in [6, 6.07) is 0. The predicted octanol–water partition coefficient (Wildman–Crippen LogP) is 1.95. The van der Waals surface area contributed by atoms with Gasteiger partial charge in [0.05, 0.1) is 5.60 Å². The Morgan fingerprint density at radius 2 is 1.57 bits per heavy atom. The van der Waals surface area contributed by atoms with Crippen molar-refractivity contribution in [3.63, 3.8) is 0 Å². The second kappa shape index (κ2) is 10.1. The van der Waals surface area contributed by atoms with Crippen LogP contribution in [0.2, 0.25) is 0 Å². The van der Waals surface area contributed by atoms with Crippen LogP contribution in [0.15, 0.2) is 0 Å². The van der Waals surface area contributed by atoms with E-state index < -0.39 is 14.2 Å². The summed E-state index contributed by atoms with van der Waals surface area (Å²) in [5.74, 6) is 3.89. The normalized spacial score (nSPS) is 47.2. The maximum absolute atomic E-state index is 12.2. The van der Waals surface area contributed by atoms with Gasteiger partial charge in [-0.25, -0.2) is 0 Å². The molecule has 4 rings (SSSR count). The first-order valence-electron chi connectivity index (χ1n) is 11.4. The van der Waals surface area contributed by atoms with Crippen LogP contribution in [0.4, 0.5) is 0 Å². The van der Waals surface area contributed by atoms with E-state index in [0.29, 0.717) is 23.0 Å². The Labute approximate surface area is 207 Å². The number of ketones is 1. The molecule has 0 unspecified atom stereocenters. The number of rotatable bonds is 2. The third-order valence-electron chi connectivity index (χ3n) is 9.61. The van der Waals surface area contributed by atoms with E-state index >= 15 is 0 Å². The summed E-state index contributed by atoms with van der Waals surface area (Å²) in [7, 11) is -0.870. The molecule has 7 heteroatoms. The molecule has 4 fully saturated rings. The van der Waals surface area contributed by atoms with Crippen LogP contribution in [0, 0.1) is 40.4 Å². The second-order valence-corrected chi connectivity index (χ2v) is 11.9. The minimum absolute atomic E-state index is 0. The van der Waals surface area contributed by atoms with Gasteiger partial charge in [-0.05, 0) is 106 Å². The number of hydrogen-bond donors (Lipinski definition) is 3. The molecule has 0 aromatic rings. The minimum atomic E-state index is -2.10. The van der Waals surface area contributed by atoms with Crippen LogP contribution in [0.25, 0.3) is 0 Å². The molecule has 5 nitrogen and oxygen atoms in total. The van der Waals surface area contributed by atoms with Gasteiger partial charge in [0.1, 0.15) is 5.78 Å². The predicted molar refractivity (Wildman–Crippen MR) is 116 cm³/mol. The largest absolute Gasteiger partial charge is 1.00 e. The molecule has 0 amide bonds. The first-order valence-corrected chi connectivity index (χ1v) is 12.6. The number of hydrogen-bond acceptors (Lipinski definition) is 5.